The fraction of sp³-hybridized carbons (Fsp3) is 0.188. The lowest BCUT2D eigenvalue weighted by molar-refractivity contribution is -0.141. The molecule has 0 aliphatic rings. The van der Waals surface area contributed by atoms with Crippen molar-refractivity contribution in [1.82, 2.24) is 19.6 Å². The number of anilines is 1. The molecule has 0 fully saturated rings. The molecule has 0 unspecified atom stereocenters. The van der Waals surface area contributed by atoms with Gasteiger partial charge in [-0.15, -0.1) is 0 Å². The van der Waals surface area contributed by atoms with E-state index in [4.69, 9.17) is 11.6 Å². The highest BCUT2D eigenvalue weighted by atomic mass is 35.5. The Morgan fingerprint density at radius 3 is 2.52 bits per heavy atom. The topological polar surface area (TPSA) is 64.7 Å². The Hall–Kier alpha value is -2.88. The number of nitrogens with zero attached hydrogens (tertiary/aromatic N) is 4. The van der Waals surface area contributed by atoms with Gasteiger partial charge in [0, 0.05) is 13.2 Å². The standard InChI is InChI=1S/C16H12ClF4N5O/c1-25-13(12(17)14(24-25)16(19,20)21)15(27)23-11-6-22-26(8-11)7-9-2-4-10(18)5-3-9/h2-6,8H,7H2,1H3,(H,23,27). The quantitative estimate of drug-likeness (QED) is 0.677. The van der Waals surface area contributed by atoms with Crippen molar-refractivity contribution in [1.29, 1.82) is 0 Å². The second kappa shape index (κ2) is 7.03. The molecule has 0 atom stereocenters. The van der Waals surface area contributed by atoms with Gasteiger partial charge in [-0.3, -0.25) is 14.2 Å². The van der Waals surface area contributed by atoms with E-state index in [1.165, 1.54) is 36.3 Å². The number of carbonyl (C=O) groups is 1. The summed E-state index contributed by atoms with van der Waals surface area (Å²) < 4.78 is 53.7. The monoisotopic (exact) mass is 401 g/mol. The maximum absolute atomic E-state index is 12.9. The van der Waals surface area contributed by atoms with Crippen molar-refractivity contribution in [3.05, 3.63) is 64.5 Å². The summed E-state index contributed by atoms with van der Waals surface area (Å²) in [5.41, 5.74) is -0.714. The third kappa shape index (κ3) is 4.11. The molecule has 1 aromatic carbocycles. The van der Waals surface area contributed by atoms with E-state index in [-0.39, 0.29) is 11.5 Å². The first-order valence-corrected chi connectivity index (χ1v) is 7.91. The van der Waals surface area contributed by atoms with Crippen LogP contribution in [-0.2, 0) is 19.8 Å². The number of amides is 1. The van der Waals surface area contributed by atoms with Gasteiger partial charge in [-0.25, -0.2) is 4.39 Å². The van der Waals surface area contributed by atoms with Crippen molar-refractivity contribution in [3.8, 4) is 0 Å². The van der Waals surface area contributed by atoms with E-state index in [1.54, 1.807) is 12.1 Å². The van der Waals surface area contributed by atoms with Gasteiger partial charge in [-0.2, -0.15) is 23.4 Å². The maximum atomic E-state index is 12.9. The summed E-state index contributed by atoms with van der Waals surface area (Å²) in [4.78, 5) is 12.3. The van der Waals surface area contributed by atoms with Crippen molar-refractivity contribution in [2.75, 3.05) is 5.32 Å². The van der Waals surface area contributed by atoms with Crippen molar-refractivity contribution < 1.29 is 22.4 Å². The van der Waals surface area contributed by atoms with Crippen LogP contribution >= 0.6 is 11.6 Å². The number of carbonyl (C=O) groups excluding carboxylic acids is 1. The third-order valence-electron chi connectivity index (χ3n) is 3.62. The molecule has 0 aliphatic heterocycles. The van der Waals surface area contributed by atoms with Crippen LogP contribution in [0.1, 0.15) is 21.7 Å². The maximum Gasteiger partial charge on any atom is 0.436 e. The number of halogens is 5. The van der Waals surface area contributed by atoms with Crippen LogP contribution in [0.25, 0.3) is 0 Å². The molecule has 6 nitrogen and oxygen atoms in total. The predicted octanol–water partition coefficient (Wildman–Crippen LogP) is 3.73. The fourth-order valence-electron chi connectivity index (χ4n) is 2.41. The van der Waals surface area contributed by atoms with Crippen molar-refractivity contribution in [3.63, 3.8) is 0 Å². The molecule has 0 aliphatic carbocycles. The zero-order valence-corrected chi connectivity index (χ0v) is 14.5. The van der Waals surface area contributed by atoms with E-state index in [0.717, 1.165) is 10.2 Å². The summed E-state index contributed by atoms with van der Waals surface area (Å²) in [6.45, 7) is 0.320. The zero-order chi connectivity index (χ0) is 19.8. The Kier molecular flexibility index (Phi) is 4.92. The number of aromatic nitrogens is 4. The van der Waals surface area contributed by atoms with Gasteiger partial charge in [0.05, 0.1) is 18.4 Å². The molecule has 1 N–H and O–H groups in total. The van der Waals surface area contributed by atoms with E-state index >= 15 is 0 Å². The van der Waals surface area contributed by atoms with Crippen molar-refractivity contribution in [2.45, 2.75) is 12.7 Å². The first-order valence-electron chi connectivity index (χ1n) is 7.53. The normalized spacial score (nSPS) is 11.6. The molecule has 3 aromatic rings. The molecule has 3 rings (SSSR count). The number of aryl methyl sites for hydroxylation is 1. The highest BCUT2D eigenvalue weighted by Gasteiger charge is 2.39. The van der Waals surface area contributed by atoms with Crippen LogP contribution < -0.4 is 5.32 Å². The van der Waals surface area contributed by atoms with Crippen LogP contribution in [0.5, 0.6) is 0 Å². The van der Waals surface area contributed by atoms with Gasteiger partial charge in [0.1, 0.15) is 16.5 Å². The molecular formula is C16H12ClF4N5O. The molecular weight excluding hydrogens is 390 g/mol. The second-order valence-electron chi connectivity index (χ2n) is 5.64. The minimum atomic E-state index is -4.77. The van der Waals surface area contributed by atoms with E-state index in [0.29, 0.717) is 6.54 Å². The Labute approximate surface area is 155 Å². The number of hydrogen-bond acceptors (Lipinski definition) is 3. The van der Waals surface area contributed by atoms with Crippen LogP contribution in [0, 0.1) is 5.82 Å². The van der Waals surface area contributed by atoms with Gasteiger partial charge < -0.3 is 5.32 Å². The van der Waals surface area contributed by atoms with Gasteiger partial charge in [0.25, 0.3) is 5.91 Å². The molecule has 0 saturated heterocycles. The lowest BCUT2D eigenvalue weighted by atomic mass is 10.2. The van der Waals surface area contributed by atoms with E-state index < -0.39 is 28.5 Å². The Morgan fingerprint density at radius 1 is 1.26 bits per heavy atom. The number of alkyl halides is 3. The lowest BCUT2D eigenvalue weighted by Gasteiger charge is -2.04. The predicted molar refractivity (Wildman–Crippen MR) is 88.9 cm³/mol. The lowest BCUT2D eigenvalue weighted by Crippen LogP contribution is -2.16. The van der Waals surface area contributed by atoms with Crippen LogP contribution in [0.4, 0.5) is 23.2 Å². The second-order valence-corrected chi connectivity index (χ2v) is 6.02. The van der Waals surface area contributed by atoms with Crippen LogP contribution in [0.3, 0.4) is 0 Å². The van der Waals surface area contributed by atoms with Gasteiger partial charge in [-0.05, 0) is 17.7 Å². The summed E-state index contributed by atoms with van der Waals surface area (Å²) in [7, 11) is 1.19. The SMILES string of the molecule is Cn1nc(C(F)(F)F)c(Cl)c1C(=O)Nc1cnn(Cc2ccc(F)cc2)c1. The molecule has 0 spiro atoms. The summed E-state index contributed by atoms with van der Waals surface area (Å²) >= 11 is 5.69. The van der Waals surface area contributed by atoms with E-state index in [1.807, 2.05) is 0 Å². The fourth-order valence-corrected chi connectivity index (χ4v) is 2.76. The van der Waals surface area contributed by atoms with Gasteiger partial charge in [0.15, 0.2) is 5.69 Å². The smallest absolute Gasteiger partial charge is 0.318 e. The first-order chi connectivity index (χ1) is 12.6. The van der Waals surface area contributed by atoms with E-state index in [2.05, 4.69) is 15.5 Å². The molecule has 27 heavy (non-hydrogen) atoms. The molecule has 2 aromatic heterocycles. The average molecular weight is 402 g/mol. The Balaban J connectivity index is 1.75. The molecule has 0 saturated carbocycles. The molecule has 0 radical (unpaired) electrons. The van der Waals surface area contributed by atoms with E-state index in [9.17, 15) is 22.4 Å². The number of benzene rings is 1. The first kappa shape index (κ1) is 18.9. The minimum Gasteiger partial charge on any atom is -0.318 e. The molecule has 1 amide bonds. The summed E-state index contributed by atoms with van der Waals surface area (Å²) in [5.74, 6) is -1.22. The molecule has 11 heteroatoms. The van der Waals surface area contributed by atoms with Crippen LogP contribution in [0.2, 0.25) is 5.02 Å². The minimum absolute atomic E-state index is 0.257. The van der Waals surface area contributed by atoms with Gasteiger partial charge >= 0.3 is 6.18 Å². The largest absolute Gasteiger partial charge is 0.436 e. The summed E-state index contributed by atoms with van der Waals surface area (Å²) in [5, 5.41) is 8.95. The van der Waals surface area contributed by atoms with Gasteiger partial charge in [-0.1, -0.05) is 23.7 Å². The van der Waals surface area contributed by atoms with Crippen LogP contribution in [0.15, 0.2) is 36.7 Å². The Morgan fingerprint density at radius 2 is 1.93 bits per heavy atom. The van der Waals surface area contributed by atoms with Crippen LogP contribution in [-0.4, -0.2) is 25.5 Å². The van der Waals surface area contributed by atoms with Gasteiger partial charge in [0.2, 0.25) is 0 Å². The van der Waals surface area contributed by atoms with Crippen molar-refractivity contribution in [2.24, 2.45) is 7.05 Å². The highest BCUT2D eigenvalue weighted by Crippen LogP contribution is 2.35. The number of hydrogen-bond donors (Lipinski definition) is 1. The third-order valence-corrected chi connectivity index (χ3v) is 3.98. The molecule has 142 valence electrons. The zero-order valence-electron chi connectivity index (χ0n) is 13.8. The average Bonchev–Trinajstić information content (AvgIpc) is 3.13. The van der Waals surface area contributed by atoms with Crippen molar-refractivity contribution >= 4 is 23.2 Å². The Bertz CT molecular complexity index is 978. The highest BCUT2D eigenvalue weighted by molar-refractivity contribution is 6.34. The summed E-state index contributed by atoms with van der Waals surface area (Å²) in [6, 6.07) is 5.79. The number of rotatable bonds is 4. The molecule has 0 bridgehead atoms. The number of nitrogens with one attached hydrogen (secondary N) is 1. The molecule has 2 heterocycles. The summed E-state index contributed by atoms with van der Waals surface area (Å²) in [6.07, 6.45) is -1.96.